The van der Waals surface area contributed by atoms with Gasteiger partial charge in [-0.3, -0.25) is 14.5 Å². The summed E-state index contributed by atoms with van der Waals surface area (Å²) in [5, 5.41) is 0. The fourth-order valence-electron chi connectivity index (χ4n) is 4.92. The molecule has 158 valence electrons. The molecule has 0 radical (unpaired) electrons. The topological polar surface area (TPSA) is 69.6 Å². The molecule has 1 aromatic rings. The van der Waals surface area contributed by atoms with Gasteiger partial charge in [0.05, 0.1) is 12.2 Å². The Labute approximate surface area is 173 Å². The van der Waals surface area contributed by atoms with E-state index in [1.807, 2.05) is 16.0 Å². The van der Waals surface area contributed by atoms with E-state index >= 15 is 0 Å². The van der Waals surface area contributed by atoms with E-state index in [0.717, 1.165) is 69.1 Å². The van der Waals surface area contributed by atoms with Crippen molar-refractivity contribution in [2.75, 3.05) is 39.3 Å². The molecule has 3 aliphatic rings. The van der Waals surface area contributed by atoms with Crippen molar-refractivity contribution < 1.29 is 9.59 Å². The summed E-state index contributed by atoms with van der Waals surface area (Å²) in [5.74, 6) is 2.31. The molecule has 1 aromatic heterocycles. The smallest absolute Gasteiger partial charge is 0.237 e. The van der Waals surface area contributed by atoms with E-state index in [0.29, 0.717) is 24.9 Å². The summed E-state index contributed by atoms with van der Waals surface area (Å²) in [5.41, 5.74) is 2.18. The van der Waals surface area contributed by atoms with Gasteiger partial charge in [-0.2, -0.15) is 0 Å². The molecule has 0 aromatic carbocycles. The first kappa shape index (κ1) is 20.3. The fourth-order valence-corrected chi connectivity index (χ4v) is 4.92. The Morgan fingerprint density at radius 1 is 1.10 bits per heavy atom. The zero-order valence-corrected chi connectivity index (χ0v) is 17.8. The lowest BCUT2D eigenvalue weighted by Crippen LogP contribution is -2.45. The summed E-state index contributed by atoms with van der Waals surface area (Å²) in [6.45, 7) is 9.46. The first-order valence-corrected chi connectivity index (χ1v) is 11.1. The van der Waals surface area contributed by atoms with Crippen LogP contribution in [0.15, 0.2) is 6.20 Å². The summed E-state index contributed by atoms with van der Waals surface area (Å²) in [6, 6.07) is 0. The first-order chi connectivity index (χ1) is 14.0. The van der Waals surface area contributed by atoms with Crippen LogP contribution in [0.1, 0.15) is 62.5 Å². The maximum Gasteiger partial charge on any atom is 0.237 e. The van der Waals surface area contributed by atoms with E-state index in [1.165, 1.54) is 12.8 Å². The molecule has 0 unspecified atom stereocenters. The van der Waals surface area contributed by atoms with Crippen LogP contribution < -0.4 is 0 Å². The van der Waals surface area contributed by atoms with Crippen molar-refractivity contribution in [3.63, 3.8) is 0 Å². The second kappa shape index (κ2) is 8.78. The minimum atomic E-state index is 0.151. The molecule has 1 atom stereocenters. The van der Waals surface area contributed by atoms with Gasteiger partial charge in [0, 0.05) is 63.7 Å². The molecular weight excluding hydrogens is 366 g/mol. The maximum absolute atomic E-state index is 12.8. The summed E-state index contributed by atoms with van der Waals surface area (Å²) in [7, 11) is 0. The third-order valence-corrected chi connectivity index (χ3v) is 6.71. The molecule has 0 aliphatic carbocycles. The lowest BCUT2D eigenvalue weighted by Gasteiger charge is -2.34. The highest BCUT2D eigenvalue weighted by atomic mass is 16.2. The number of amides is 2. The summed E-state index contributed by atoms with van der Waals surface area (Å²) < 4.78 is 0. The Hall–Kier alpha value is -2.02. The maximum atomic E-state index is 12.8. The predicted molar refractivity (Wildman–Crippen MR) is 110 cm³/mol. The molecule has 29 heavy (non-hydrogen) atoms. The van der Waals surface area contributed by atoms with Crippen LogP contribution in [0.3, 0.4) is 0 Å². The second-order valence-corrected chi connectivity index (χ2v) is 9.03. The Morgan fingerprint density at radius 2 is 1.90 bits per heavy atom. The van der Waals surface area contributed by atoms with E-state index < -0.39 is 0 Å². The third kappa shape index (κ3) is 4.77. The standard InChI is InChI=1S/C22H33N5O2/c1-16-4-3-8-25(13-16)15-21(29)27-11-7-20-19(14-27)12-23-22(24-20)18-5-9-26(10-6-18)17(2)28/h12,16,18H,3-11,13-15H2,1-2H3/t16-/m0/s1. The molecule has 4 rings (SSSR count). The number of rotatable bonds is 3. The van der Waals surface area contributed by atoms with Gasteiger partial charge in [-0.05, 0) is 38.1 Å². The molecule has 7 heteroatoms. The highest BCUT2D eigenvalue weighted by Gasteiger charge is 2.28. The third-order valence-electron chi connectivity index (χ3n) is 6.71. The van der Waals surface area contributed by atoms with Crippen LogP contribution in [-0.4, -0.2) is 75.8 Å². The number of hydrogen-bond acceptors (Lipinski definition) is 5. The molecule has 7 nitrogen and oxygen atoms in total. The van der Waals surface area contributed by atoms with Crippen LogP contribution in [0.4, 0.5) is 0 Å². The Morgan fingerprint density at radius 3 is 2.62 bits per heavy atom. The molecule has 0 spiro atoms. The van der Waals surface area contributed by atoms with Crippen LogP contribution in [0, 0.1) is 5.92 Å². The van der Waals surface area contributed by atoms with Gasteiger partial charge in [0.25, 0.3) is 0 Å². The molecule has 2 fully saturated rings. The Balaban J connectivity index is 1.34. The lowest BCUT2D eigenvalue weighted by molar-refractivity contribution is -0.134. The van der Waals surface area contributed by atoms with Crippen molar-refractivity contribution >= 4 is 11.8 Å². The number of hydrogen-bond donors (Lipinski definition) is 0. The zero-order chi connectivity index (χ0) is 20.4. The van der Waals surface area contributed by atoms with Crippen LogP contribution in [0.2, 0.25) is 0 Å². The fraction of sp³-hybridized carbons (Fsp3) is 0.727. The van der Waals surface area contributed by atoms with Gasteiger partial charge in [0.15, 0.2) is 0 Å². The minimum absolute atomic E-state index is 0.151. The van der Waals surface area contributed by atoms with E-state index in [9.17, 15) is 9.59 Å². The van der Waals surface area contributed by atoms with Crippen molar-refractivity contribution in [2.24, 2.45) is 5.92 Å². The molecule has 0 bridgehead atoms. The van der Waals surface area contributed by atoms with Crippen LogP contribution >= 0.6 is 0 Å². The van der Waals surface area contributed by atoms with Gasteiger partial charge >= 0.3 is 0 Å². The quantitative estimate of drug-likeness (QED) is 0.775. The van der Waals surface area contributed by atoms with E-state index in [4.69, 9.17) is 4.98 Å². The first-order valence-electron chi connectivity index (χ1n) is 11.1. The summed E-state index contributed by atoms with van der Waals surface area (Å²) >= 11 is 0. The number of aromatic nitrogens is 2. The molecule has 2 amide bonds. The summed E-state index contributed by atoms with van der Waals surface area (Å²) in [6.07, 6.45) is 7.06. The van der Waals surface area contributed by atoms with Crippen LogP contribution in [0.25, 0.3) is 0 Å². The second-order valence-electron chi connectivity index (χ2n) is 9.03. The average Bonchev–Trinajstić information content (AvgIpc) is 2.73. The predicted octanol–water partition coefficient (Wildman–Crippen LogP) is 1.82. The van der Waals surface area contributed by atoms with Gasteiger partial charge in [0.1, 0.15) is 5.82 Å². The number of carbonyl (C=O) groups excluding carboxylic acids is 2. The number of nitrogens with zero attached hydrogens (tertiary/aromatic N) is 5. The average molecular weight is 400 g/mol. The largest absolute Gasteiger partial charge is 0.343 e. The van der Waals surface area contributed by atoms with Crippen molar-refractivity contribution in [3.8, 4) is 0 Å². The minimum Gasteiger partial charge on any atom is -0.343 e. The molecule has 2 saturated heterocycles. The number of likely N-dealkylation sites (tertiary alicyclic amines) is 2. The van der Waals surface area contributed by atoms with Crippen LogP contribution in [0.5, 0.6) is 0 Å². The summed E-state index contributed by atoms with van der Waals surface area (Å²) in [4.78, 5) is 40.0. The van der Waals surface area contributed by atoms with E-state index in [2.05, 4.69) is 16.8 Å². The van der Waals surface area contributed by atoms with Crippen molar-refractivity contribution in [3.05, 3.63) is 23.3 Å². The van der Waals surface area contributed by atoms with Gasteiger partial charge in [0.2, 0.25) is 11.8 Å². The number of carbonyl (C=O) groups is 2. The number of fused-ring (bicyclic) bond motifs is 1. The molecule has 3 aliphatic heterocycles. The molecule has 0 saturated carbocycles. The van der Waals surface area contributed by atoms with Gasteiger partial charge in [-0.1, -0.05) is 6.92 Å². The molecular formula is C22H33N5O2. The van der Waals surface area contributed by atoms with E-state index in [1.54, 1.807) is 6.92 Å². The van der Waals surface area contributed by atoms with Crippen molar-refractivity contribution in [1.29, 1.82) is 0 Å². The lowest BCUT2D eigenvalue weighted by atomic mass is 9.95. The normalized spacial score (nSPS) is 23.7. The van der Waals surface area contributed by atoms with E-state index in [-0.39, 0.29) is 11.8 Å². The van der Waals surface area contributed by atoms with Crippen molar-refractivity contribution in [1.82, 2.24) is 24.7 Å². The van der Waals surface area contributed by atoms with Crippen molar-refractivity contribution in [2.45, 2.75) is 58.4 Å². The molecule has 0 N–H and O–H groups in total. The zero-order valence-electron chi connectivity index (χ0n) is 17.8. The highest BCUT2D eigenvalue weighted by Crippen LogP contribution is 2.27. The van der Waals surface area contributed by atoms with Gasteiger partial charge in [-0.15, -0.1) is 0 Å². The molecule has 4 heterocycles. The van der Waals surface area contributed by atoms with Gasteiger partial charge in [-0.25, -0.2) is 9.97 Å². The SMILES string of the molecule is CC(=O)N1CCC(c2ncc3c(n2)CCN(C(=O)CN2CCC[C@H](C)C2)C3)CC1. The monoisotopic (exact) mass is 399 g/mol. The number of piperidine rings is 2. The Bertz CT molecular complexity index is 760. The Kier molecular flexibility index (Phi) is 6.13. The highest BCUT2D eigenvalue weighted by molar-refractivity contribution is 5.78. The van der Waals surface area contributed by atoms with Crippen LogP contribution in [-0.2, 0) is 22.6 Å². The van der Waals surface area contributed by atoms with Gasteiger partial charge < -0.3 is 9.80 Å².